The van der Waals surface area contributed by atoms with Crippen LogP contribution >= 0.6 is 11.3 Å². The van der Waals surface area contributed by atoms with Crippen LogP contribution in [0.25, 0.3) is 21.3 Å². The van der Waals surface area contributed by atoms with E-state index in [1.807, 2.05) is 59.0 Å². The molecule has 7 aliphatic rings. The van der Waals surface area contributed by atoms with Crippen molar-refractivity contribution in [3.8, 4) is 16.9 Å². The lowest BCUT2D eigenvalue weighted by molar-refractivity contribution is -0.341. The summed E-state index contributed by atoms with van der Waals surface area (Å²) in [6, 6.07) is 21.7. The summed E-state index contributed by atoms with van der Waals surface area (Å²) >= 11 is 1.39. The molecule has 2 bridgehead atoms. The number of benzene rings is 3. The molecule has 6 heterocycles. The number of carbonyl (C=O) groups excluding carboxylic acids is 5. The van der Waals surface area contributed by atoms with Crippen LogP contribution in [0.3, 0.4) is 0 Å². The second-order valence-corrected chi connectivity index (χ2v) is 28.6. The normalized spacial score (nSPS) is 26.9. The first-order chi connectivity index (χ1) is 47.4. The molecule has 0 radical (unpaired) electrons. The smallest absolute Gasteiger partial charge is 0.410 e. The molecule has 1 spiro atoms. The number of anilines is 2. The first kappa shape index (κ1) is 68.7. The van der Waals surface area contributed by atoms with Crippen molar-refractivity contribution in [2.24, 2.45) is 22.2 Å². The van der Waals surface area contributed by atoms with E-state index in [2.05, 4.69) is 22.5 Å². The molecule has 29 heteroatoms. The molecule has 3 aliphatic heterocycles. The van der Waals surface area contributed by atoms with Gasteiger partial charge in [0, 0.05) is 84.8 Å². The number of aliphatic hydroxyl groups is 6. The minimum absolute atomic E-state index is 0.0181. The fraction of sp³-hybridized carbons (Fsp3) is 0.486. The van der Waals surface area contributed by atoms with Gasteiger partial charge < -0.3 is 74.9 Å². The van der Waals surface area contributed by atoms with Gasteiger partial charge in [-0.25, -0.2) is 24.4 Å². The van der Waals surface area contributed by atoms with E-state index >= 15 is 0 Å². The fourth-order valence-corrected chi connectivity index (χ4v) is 17.8. The van der Waals surface area contributed by atoms with Crippen LogP contribution in [-0.4, -0.2) is 207 Å². The number of nitrogens with one attached hydrogen (secondary N) is 2. The Kier molecular flexibility index (Phi) is 19.0. The number of amides is 5. The number of carbonyl (C=O) groups is 7. The summed E-state index contributed by atoms with van der Waals surface area (Å²) in [4.78, 5) is 103. The van der Waals surface area contributed by atoms with Crippen LogP contribution in [0.1, 0.15) is 107 Å². The van der Waals surface area contributed by atoms with Crippen molar-refractivity contribution >= 4 is 74.2 Å². The molecule has 524 valence electrons. The molecule has 3 aromatic carbocycles. The minimum Gasteiger partial charge on any atom is -0.479 e. The van der Waals surface area contributed by atoms with E-state index in [0.29, 0.717) is 90.9 Å². The second-order valence-electron chi connectivity index (χ2n) is 27.6. The molecule has 5 amide bonds. The van der Waals surface area contributed by atoms with Crippen LogP contribution in [0.15, 0.2) is 91.1 Å². The Bertz CT molecular complexity index is 4150. The number of aliphatic carboxylic acids is 1. The third-order valence-corrected chi connectivity index (χ3v) is 22.5. The zero-order valence-corrected chi connectivity index (χ0v) is 55.3. The Morgan fingerprint density at radius 2 is 1.68 bits per heavy atom. The number of para-hydroxylation sites is 1. The van der Waals surface area contributed by atoms with E-state index in [9.17, 15) is 74.4 Å². The van der Waals surface area contributed by atoms with Gasteiger partial charge in [0.15, 0.2) is 16.9 Å². The van der Waals surface area contributed by atoms with Gasteiger partial charge in [0.05, 0.1) is 41.3 Å². The van der Waals surface area contributed by atoms with Crippen molar-refractivity contribution in [2.75, 3.05) is 56.2 Å². The van der Waals surface area contributed by atoms with Crippen LogP contribution in [0.2, 0.25) is 0 Å². The van der Waals surface area contributed by atoms with Gasteiger partial charge >= 0.3 is 18.0 Å². The molecule has 10 N–H and O–H groups in total. The lowest BCUT2D eigenvalue weighted by atomic mass is 9.30. The number of thiazole rings is 1. The van der Waals surface area contributed by atoms with Crippen molar-refractivity contribution in [1.82, 2.24) is 34.9 Å². The van der Waals surface area contributed by atoms with Gasteiger partial charge in [-0.05, 0) is 141 Å². The van der Waals surface area contributed by atoms with E-state index in [1.54, 1.807) is 36.5 Å². The monoisotopic (exact) mass is 1380 g/mol. The number of unbranched alkanes of at least 4 members (excludes halogenated alkanes) is 1. The molecule has 4 aliphatic carbocycles. The number of ether oxygens (including phenoxy) is 4. The van der Waals surface area contributed by atoms with Gasteiger partial charge in [-0.3, -0.25) is 34.1 Å². The van der Waals surface area contributed by atoms with Gasteiger partial charge in [-0.1, -0.05) is 54.7 Å². The number of pyridine rings is 1. The fourth-order valence-electron chi connectivity index (χ4n) is 17.0. The maximum Gasteiger partial charge on any atom is 0.410 e. The van der Waals surface area contributed by atoms with Crippen LogP contribution < -0.4 is 20.3 Å². The highest BCUT2D eigenvalue weighted by Gasteiger charge is 2.89. The molecule has 4 saturated carbocycles. The summed E-state index contributed by atoms with van der Waals surface area (Å²) in [6.45, 7) is 4.16. The molecule has 13 rings (SSSR count). The molecule has 12 atom stereocenters. The van der Waals surface area contributed by atoms with Crippen molar-refractivity contribution in [1.29, 1.82) is 0 Å². The molecule has 6 aromatic rings. The van der Waals surface area contributed by atoms with Crippen LogP contribution in [0.4, 0.5) is 15.7 Å². The molecule has 99 heavy (non-hydrogen) atoms. The number of aromatic carboxylic acids is 1. The highest BCUT2D eigenvalue weighted by molar-refractivity contribution is 7.22. The summed E-state index contributed by atoms with van der Waals surface area (Å²) in [5.41, 5.74) is 4.70. The number of aryl methyl sites for hydroxylation is 1. The number of nitrogens with zero attached hydrogens (tertiary/aromatic N) is 7. The standard InChI is InChI=1S/C70H79N9O19S/c1-38-45(43-15-16-52(74-56(43)62(90)91)77-22-19-40-9-7-10-44(46(40)30-77)61(89)75-65-73-47-11-3-4-12-51(47)99-65)29-72-79(38)37-68-34-67(2)27-42-28-69(35-68,70(42,67)36-68)96-25-24-76(23-20-48(81)49(82)32-80)66(94)95-33-41-14-13-39(8-5-6-21-71-53(83)31-78-54(84)17-18-55(78)85)26-50(41)97-64-59(88)57(86)58(87)60(98-64)63(92)93/h3-4,7,9-18,26,29,42,48-49,57-60,64,80-82,86-88H,5-6,8,19-25,27-28,30-37H2,1-2H3,(H,71,83)(H,90,91)(H,92,93)(H,73,75,89)/t42?,48-,49+,57-,58-,59+,60-,64+,67?,68?,69?,70?/m0/s1. The molecular weight excluding hydrogens is 1300 g/mol. The number of hydrogen-bond acceptors (Lipinski definition) is 22. The Morgan fingerprint density at radius 1 is 0.879 bits per heavy atom. The number of rotatable bonds is 28. The summed E-state index contributed by atoms with van der Waals surface area (Å²) in [5.74, 6) is -3.98. The maximum absolute atomic E-state index is 14.4. The summed E-state index contributed by atoms with van der Waals surface area (Å²) in [7, 11) is 0. The Labute approximate surface area is 571 Å². The van der Waals surface area contributed by atoms with Gasteiger partial charge in [0.25, 0.3) is 17.7 Å². The van der Waals surface area contributed by atoms with Crippen molar-refractivity contribution in [2.45, 2.75) is 146 Å². The van der Waals surface area contributed by atoms with Gasteiger partial charge in [0.1, 0.15) is 49.1 Å². The zero-order valence-electron chi connectivity index (χ0n) is 54.5. The summed E-state index contributed by atoms with van der Waals surface area (Å²) in [5, 5.41) is 94.4. The van der Waals surface area contributed by atoms with Crippen LogP contribution in [0, 0.1) is 29.1 Å². The van der Waals surface area contributed by atoms with E-state index in [0.717, 1.165) is 69.8 Å². The predicted molar refractivity (Wildman–Crippen MR) is 353 cm³/mol. The van der Waals surface area contributed by atoms with Crippen LogP contribution in [0.5, 0.6) is 5.75 Å². The number of fused-ring (bicyclic) bond motifs is 3. The number of aromatic nitrogens is 4. The number of imide groups is 1. The molecule has 1 saturated heterocycles. The Morgan fingerprint density at radius 3 is 2.43 bits per heavy atom. The SMILES string of the molecule is Cc1c(-c2ccc(N3CCc4cccc(C(=O)Nc5nc6ccccc6s5)c4C3)nc2C(=O)O)cnn1CC12CC3(C)CC4CC(OCCN(CC[C@H](O)[C@H](O)CO)C(=O)OCc5ccc(CCCCNC(=O)CN6C(=O)C=CC6=O)cc5O[C@@H]5O[C@H](C(=O)O)[C@@H](O)[C@H](O)[C@H]5O)(C1)C43C2. The number of hydrogen-bond donors (Lipinski definition) is 10. The third kappa shape index (κ3) is 12.9. The molecule has 5 fully saturated rings. The topological polar surface area (TPSA) is 396 Å². The number of carboxylic acids is 2. The van der Waals surface area contributed by atoms with Crippen molar-refractivity contribution in [3.63, 3.8) is 0 Å². The van der Waals surface area contributed by atoms with E-state index in [-0.39, 0.29) is 71.8 Å². The van der Waals surface area contributed by atoms with E-state index in [4.69, 9.17) is 29.0 Å². The van der Waals surface area contributed by atoms with Crippen molar-refractivity contribution < 1.29 is 93.4 Å². The van der Waals surface area contributed by atoms with E-state index < -0.39 is 104 Å². The van der Waals surface area contributed by atoms with Crippen LogP contribution in [-0.2, 0) is 65.9 Å². The van der Waals surface area contributed by atoms with Gasteiger partial charge in [-0.15, -0.1) is 0 Å². The number of carboxylic acid groups (broad SMARTS) is 2. The molecule has 3 aromatic heterocycles. The molecule has 5 unspecified atom stereocenters. The highest BCUT2D eigenvalue weighted by Crippen LogP contribution is 2.91. The largest absolute Gasteiger partial charge is 0.479 e. The summed E-state index contributed by atoms with van der Waals surface area (Å²) < 4.78 is 27.4. The zero-order chi connectivity index (χ0) is 69.9. The highest BCUT2D eigenvalue weighted by atomic mass is 32.1. The quantitative estimate of drug-likeness (QED) is 0.0244. The van der Waals surface area contributed by atoms with Gasteiger partial charge in [-0.2, -0.15) is 5.10 Å². The maximum atomic E-state index is 14.4. The first-order valence-electron chi connectivity index (χ1n) is 33.3. The average Bonchev–Trinajstić information content (AvgIpc) is 1.45. The van der Waals surface area contributed by atoms with Crippen molar-refractivity contribution in [3.05, 3.63) is 130 Å². The minimum atomic E-state index is -2.00. The van der Waals surface area contributed by atoms with Gasteiger partial charge in [0.2, 0.25) is 12.2 Å². The third-order valence-electron chi connectivity index (χ3n) is 21.5. The predicted octanol–water partition coefficient (Wildman–Crippen LogP) is 4.11. The Hall–Kier alpha value is -8.78. The molecule has 28 nitrogen and oxygen atoms in total. The lowest BCUT2D eigenvalue weighted by Crippen LogP contribution is -2.76. The average molecular weight is 1380 g/mol. The molecular formula is C70H79N9O19S. The number of aliphatic hydroxyl groups excluding tert-OH is 6. The Balaban J connectivity index is 0.673. The first-order valence-corrected chi connectivity index (χ1v) is 34.1. The summed E-state index contributed by atoms with van der Waals surface area (Å²) in [6.07, 6.45) is -3.51. The van der Waals surface area contributed by atoms with E-state index in [1.165, 1.54) is 16.2 Å². The second kappa shape index (κ2) is 27.4. The lowest BCUT2D eigenvalue weighted by Gasteiger charge is -2.77.